The minimum atomic E-state index is -0.682. The summed E-state index contributed by atoms with van der Waals surface area (Å²) in [6, 6.07) is 4.61. The van der Waals surface area contributed by atoms with Crippen molar-refractivity contribution < 1.29 is 8.78 Å². The van der Waals surface area contributed by atoms with E-state index in [1.165, 1.54) is 257 Å². The van der Waals surface area contributed by atoms with E-state index < -0.39 is 10.8 Å². The number of benzene rings is 3. The summed E-state index contributed by atoms with van der Waals surface area (Å²) in [5, 5.41) is 0. The van der Waals surface area contributed by atoms with Crippen molar-refractivity contribution in [1.29, 1.82) is 0 Å². The summed E-state index contributed by atoms with van der Waals surface area (Å²) in [4.78, 5) is 0. The van der Waals surface area contributed by atoms with E-state index in [0.29, 0.717) is 22.3 Å². The molecule has 0 unspecified atom stereocenters. The van der Waals surface area contributed by atoms with Crippen LogP contribution in [-0.4, -0.2) is 45.8 Å². The van der Waals surface area contributed by atoms with Crippen LogP contribution in [0.1, 0.15) is 384 Å². The topological polar surface area (TPSA) is 51.6 Å². The van der Waals surface area contributed by atoms with Crippen molar-refractivity contribution in [2.24, 2.45) is 0 Å². The van der Waals surface area contributed by atoms with Gasteiger partial charge >= 0.3 is 382 Å². The number of nitrogens with zero attached hydrogens (tertiary/aromatic N) is 4. The van der Waals surface area contributed by atoms with Gasteiger partial charge in [-0.15, -0.1) is 0 Å². The molecule has 0 bridgehead atoms. The molecule has 0 N–H and O–H groups in total. The van der Waals surface area contributed by atoms with E-state index in [4.69, 9.17) is 15.9 Å². The third-order valence-electron chi connectivity index (χ3n) is 20.7. The van der Waals surface area contributed by atoms with Crippen LogP contribution in [-0.2, 0) is 10.8 Å². The van der Waals surface area contributed by atoms with Crippen LogP contribution < -0.4 is 0 Å². The first kappa shape index (κ1) is 72.4. The maximum absolute atomic E-state index is 19.9. The van der Waals surface area contributed by atoms with Gasteiger partial charge in [0.05, 0.1) is 0 Å². The molecule has 482 valence electrons. The van der Waals surface area contributed by atoms with Crippen LogP contribution in [0.3, 0.4) is 0 Å². The fraction of sp³-hybridized carbons (Fsp3) is 0.763. The Balaban J connectivity index is 1.24. The predicted molar refractivity (Wildman–Crippen MR) is 382 cm³/mol. The Morgan fingerprint density at radius 3 is 0.849 bits per heavy atom. The first-order valence-electron chi connectivity index (χ1n) is 36.8. The zero-order valence-electron chi connectivity index (χ0n) is 55.0. The molecule has 4 nitrogen and oxygen atoms in total. The number of halogens is 4. The summed E-state index contributed by atoms with van der Waals surface area (Å²) in [7, 11) is 0. The summed E-state index contributed by atoms with van der Waals surface area (Å²) in [6.45, 7) is 9.20. The second-order valence-corrected chi connectivity index (χ2v) is 31.6. The zero-order valence-corrected chi connectivity index (χ0v) is 62.2. The smallest absolute Gasteiger partial charge is 0.0654 e. The Bertz CT molecular complexity index is 2460. The first-order valence-corrected chi connectivity index (χ1v) is 41.7. The molecule has 3 aromatic carbocycles. The normalized spacial score (nSPS) is 13.9. The van der Waals surface area contributed by atoms with Crippen molar-refractivity contribution in [3.05, 3.63) is 54.1 Å². The molecule has 0 amide bonds. The number of hydrogen-bond donors (Lipinski definition) is 0. The Morgan fingerprint density at radius 1 is 0.326 bits per heavy atom. The van der Waals surface area contributed by atoms with Crippen LogP contribution >= 0.6 is 38.5 Å². The SMILES string of the molecule is CCCCCCCCCCCCCCC1(CCCCCCCCCCCCCC)c2cc(Br)c3n[se]nc3c2-c2c(F)c3c(c(F)c21)-c1c(cc(I)c2n[se]nc12)C3(CCCCCCCCCCCCCC)CCCCCCCCCCCCCC. The fourth-order valence-corrected chi connectivity index (χ4v) is 20.0. The zero-order chi connectivity index (χ0) is 60.7. The summed E-state index contributed by atoms with van der Waals surface area (Å²) >= 11 is 5.86. The quantitative estimate of drug-likeness (QED) is 0.0221. The number of aromatic nitrogens is 4. The molecule has 0 saturated carbocycles. The molecular formula is C76H118BrF2IN4Se2. The number of rotatable bonds is 52. The van der Waals surface area contributed by atoms with E-state index in [-0.39, 0.29) is 41.6 Å². The van der Waals surface area contributed by atoms with E-state index in [0.717, 1.165) is 129 Å². The second kappa shape index (κ2) is 40.8. The van der Waals surface area contributed by atoms with Crippen LogP contribution in [0.25, 0.3) is 44.3 Å². The Hall–Kier alpha value is -1.03. The summed E-state index contributed by atoms with van der Waals surface area (Å²) in [5.74, 6) is -0.331. The van der Waals surface area contributed by atoms with E-state index >= 15 is 8.78 Å². The molecule has 2 aliphatic rings. The van der Waals surface area contributed by atoms with Gasteiger partial charge in [0, 0.05) is 0 Å². The monoisotopic (exact) mass is 1490 g/mol. The number of fused-ring (bicyclic) bond motifs is 10. The number of hydrogen-bond acceptors (Lipinski definition) is 4. The first-order chi connectivity index (χ1) is 42.3. The maximum atomic E-state index is 19.9. The number of unbranched alkanes of at least 4 members (excludes halogenated alkanes) is 44. The van der Waals surface area contributed by atoms with Crippen LogP contribution in [0.5, 0.6) is 0 Å². The molecule has 0 atom stereocenters. The van der Waals surface area contributed by atoms with E-state index in [1.807, 2.05) is 0 Å². The summed E-state index contributed by atoms with van der Waals surface area (Å²) in [5.41, 5.74) is 8.35. The van der Waals surface area contributed by atoms with Gasteiger partial charge in [0.25, 0.3) is 0 Å². The van der Waals surface area contributed by atoms with Gasteiger partial charge in [0.2, 0.25) is 0 Å². The molecule has 5 aromatic rings. The van der Waals surface area contributed by atoms with E-state index in [1.54, 1.807) is 0 Å². The van der Waals surface area contributed by atoms with Crippen molar-refractivity contribution in [2.45, 2.75) is 372 Å². The molecule has 2 aromatic heterocycles. The van der Waals surface area contributed by atoms with Crippen molar-refractivity contribution in [3.8, 4) is 22.3 Å². The van der Waals surface area contributed by atoms with Crippen molar-refractivity contribution in [2.75, 3.05) is 0 Å². The predicted octanol–water partition coefficient (Wildman–Crippen LogP) is 26.2. The minimum Gasteiger partial charge on any atom is -0.0654 e. The van der Waals surface area contributed by atoms with E-state index in [2.05, 4.69) is 78.3 Å². The molecule has 0 fully saturated rings. The van der Waals surface area contributed by atoms with Crippen molar-refractivity contribution >= 4 is 90.5 Å². The fourth-order valence-electron chi connectivity index (χ4n) is 15.8. The summed E-state index contributed by atoms with van der Waals surface area (Å²) < 4.78 is 62.3. The molecule has 2 aliphatic carbocycles. The Morgan fingerprint density at radius 2 is 0.558 bits per heavy atom. The van der Waals surface area contributed by atoms with Gasteiger partial charge in [-0.05, 0) is 0 Å². The average Bonchev–Trinajstić information content (AvgIpc) is 1.52. The standard InChI is InChI=1S/C76H118BrF2IN4Se2/c1-5-9-13-17-21-25-29-33-37-41-45-49-53-75(54-50-46-42-38-34-30-26-22-18-14-10-6-2)59-57-61(77)71-73(83-85-81-71)63(59)65-67(75)70(79)66-64-60(58-62(80)72-74(64)84-86-82-72)76(68(66)69(65)78,55-51-47-43-39-35-31-27-23-19-15-11-7-3)56-52-48-44-40-36-32-28-24-20-16-12-8-4/h57-58H,5-56H2,1-4H3. The van der Waals surface area contributed by atoms with E-state index in [9.17, 15) is 0 Å². The van der Waals surface area contributed by atoms with Gasteiger partial charge in [-0.2, -0.15) is 0 Å². The van der Waals surface area contributed by atoms with Gasteiger partial charge in [-0.1, -0.05) is 182 Å². The van der Waals surface area contributed by atoms with Crippen LogP contribution in [0.2, 0.25) is 0 Å². The Kier molecular flexibility index (Phi) is 34.4. The second-order valence-electron chi connectivity index (χ2n) is 27.3. The third kappa shape index (κ3) is 20.0. The van der Waals surface area contributed by atoms with Crippen molar-refractivity contribution in [1.82, 2.24) is 15.9 Å². The van der Waals surface area contributed by atoms with Crippen LogP contribution in [0, 0.1) is 15.2 Å². The minimum absolute atomic E-state index is 0.165. The molecule has 0 spiro atoms. The van der Waals surface area contributed by atoms with Crippen LogP contribution in [0.15, 0.2) is 16.6 Å². The third-order valence-corrected chi connectivity index (χ3v) is 24.3. The molecule has 10 heteroatoms. The average molecular weight is 1490 g/mol. The molecule has 0 radical (unpaired) electrons. The molecule has 0 saturated heterocycles. The van der Waals surface area contributed by atoms with Gasteiger partial charge in [-0.25, -0.2) is 0 Å². The van der Waals surface area contributed by atoms with Crippen LogP contribution in [0.4, 0.5) is 8.78 Å². The summed E-state index contributed by atoms with van der Waals surface area (Å²) in [6.07, 6.45) is 64.5. The van der Waals surface area contributed by atoms with Gasteiger partial charge in [-0.3, -0.25) is 0 Å². The van der Waals surface area contributed by atoms with Gasteiger partial charge in [0.1, 0.15) is 0 Å². The molecular weight excluding hydrogens is 1370 g/mol. The molecule has 0 aliphatic heterocycles. The van der Waals surface area contributed by atoms with Gasteiger partial charge < -0.3 is 0 Å². The van der Waals surface area contributed by atoms with Crippen molar-refractivity contribution in [3.63, 3.8) is 0 Å². The Labute approximate surface area is 559 Å². The molecule has 86 heavy (non-hydrogen) atoms. The van der Waals surface area contributed by atoms with Gasteiger partial charge in [0.15, 0.2) is 0 Å². The molecule has 7 rings (SSSR count). The molecule has 2 heterocycles.